The number of aliphatic hydroxyl groups is 1. The molecule has 0 spiro atoms. The van der Waals surface area contributed by atoms with E-state index in [9.17, 15) is 15.2 Å². The lowest BCUT2D eigenvalue weighted by Gasteiger charge is -2.10. The van der Waals surface area contributed by atoms with Crippen LogP contribution in [0.1, 0.15) is 5.56 Å². The molecule has 0 saturated heterocycles. The Morgan fingerprint density at radius 2 is 1.95 bits per heavy atom. The molecule has 0 aliphatic rings. The molecule has 1 N–H and O–H groups in total. The van der Waals surface area contributed by atoms with Gasteiger partial charge in [0.25, 0.3) is 0 Å². The van der Waals surface area contributed by atoms with E-state index in [0.29, 0.717) is 17.1 Å². The van der Waals surface area contributed by atoms with E-state index in [4.69, 9.17) is 9.47 Å². The summed E-state index contributed by atoms with van der Waals surface area (Å²) in [7, 11) is 1.35. The SMILES string of the molecule is COc1cc(Oc2ccccc2CO)ccc1[N+](=O)[O-]. The number of ether oxygens (including phenoxy) is 2. The zero-order valence-corrected chi connectivity index (χ0v) is 10.8. The molecule has 0 atom stereocenters. The number of methoxy groups -OCH3 is 1. The maximum atomic E-state index is 10.8. The molecule has 0 bridgehead atoms. The third-order valence-corrected chi connectivity index (χ3v) is 2.72. The Hall–Kier alpha value is -2.60. The molecule has 6 nitrogen and oxygen atoms in total. The largest absolute Gasteiger partial charge is 0.490 e. The van der Waals surface area contributed by atoms with Gasteiger partial charge < -0.3 is 14.6 Å². The Morgan fingerprint density at radius 3 is 2.60 bits per heavy atom. The highest BCUT2D eigenvalue weighted by molar-refractivity contribution is 5.51. The quantitative estimate of drug-likeness (QED) is 0.670. The molecule has 0 amide bonds. The number of rotatable bonds is 5. The minimum absolute atomic E-state index is 0.119. The van der Waals surface area contributed by atoms with E-state index >= 15 is 0 Å². The molecule has 0 aliphatic heterocycles. The highest BCUT2D eigenvalue weighted by Crippen LogP contribution is 2.33. The van der Waals surface area contributed by atoms with Crippen molar-refractivity contribution < 1.29 is 19.5 Å². The van der Waals surface area contributed by atoms with E-state index < -0.39 is 4.92 Å². The van der Waals surface area contributed by atoms with Gasteiger partial charge in [-0.2, -0.15) is 0 Å². The van der Waals surface area contributed by atoms with Gasteiger partial charge in [-0.15, -0.1) is 0 Å². The van der Waals surface area contributed by atoms with Gasteiger partial charge in [0.15, 0.2) is 0 Å². The summed E-state index contributed by atoms with van der Waals surface area (Å²) in [5, 5.41) is 20.0. The molecular formula is C14H13NO5. The smallest absolute Gasteiger partial charge is 0.311 e. The van der Waals surface area contributed by atoms with Crippen molar-refractivity contribution in [1.82, 2.24) is 0 Å². The van der Waals surface area contributed by atoms with Gasteiger partial charge in [-0.25, -0.2) is 0 Å². The molecule has 0 fully saturated rings. The summed E-state index contributed by atoms with van der Waals surface area (Å²) in [6.45, 7) is -0.152. The first-order valence-electron chi connectivity index (χ1n) is 5.84. The normalized spacial score (nSPS) is 10.1. The van der Waals surface area contributed by atoms with Gasteiger partial charge in [0.05, 0.1) is 18.6 Å². The first kappa shape index (κ1) is 13.8. The van der Waals surface area contributed by atoms with Crippen molar-refractivity contribution in [2.45, 2.75) is 6.61 Å². The van der Waals surface area contributed by atoms with Gasteiger partial charge >= 0.3 is 5.69 Å². The summed E-state index contributed by atoms with van der Waals surface area (Å²) in [4.78, 5) is 10.3. The summed E-state index contributed by atoms with van der Waals surface area (Å²) in [6, 6.07) is 11.2. The summed E-state index contributed by atoms with van der Waals surface area (Å²) in [5.74, 6) is 1.01. The van der Waals surface area contributed by atoms with Crippen LogP contribution in [0.4, 0.5) is 5.69 Å². The number of nitrogens with zero attached hydrogens (tertiary/aromatic N) is 1. The Kier molecular flexibility index (Phi) is 4.17. The molecule has 104 valence electrons. The van der Waals surface area contributed by atoms with E-state index in [1.54, 1.807) is 24.3 Å². The second-order valence-electron chi connectivity index (χ2n) is 3.96. The molecule has 2 aromatic carbocycles. The summed E-state index contributed by atoms with van der Waals surface area (Å²) < 4.78 is 10.6. The average Bonchev–Trinajstić information content (AvgIpc) is 2.47. The molecule has 0 unspecified atom stereocenters. The molecule has 6 heteroatoms. The Balaban J connectivity index is 2.32. The van der Waals surface area contributed by atoms with Gasteiger partial charge in [0.1, 0.15) is 11.5 Å². The van der Waals surface area contributed by atoms with E-state index in [2.05, 4.69) is 0 Å². The molecule has 0 aromatic heterocycles. The lowest BCUT2D eigenvalue weighted by atomic mass is 10.2. The molecule has 0 heterocycles. The van der Waals surface area contributed by atoms with Crippen molar-refractivity contribution in [3.8, 4) is 17.2 Å². The number of hydrogen-bond acceptors (Lipinski definition) is 5. The Labute approximate surface area is 115 Å². The standard InChI is InChI=1S/C14H13NO5/c1-19-14-8-11(6-7-12(14)15(17)18)20-13-5-3-2-4-10(13)9-16/h2-8,16H,9H2,1H3. The fraction of sp³-hybridized carbons (Fsp3) is 0.143. The van der Waals surface area contributed by atoms with Crippen LogP contribution in [0.5, 0.6) is 17.2 Å². The van der Waals surface area contributed by atoms with Crippen LogP contribution in [0.15, 0.2) is 42.5 Å². The third kappa shape index (κ3) is 2.86. The topological polar surface area (TPSA) is 81.8 Å². The zero-order chi connectivity index (χ0) is 14.5. The number of hydrogen-bond donors (Lipinski definition) is 1. The van der Waals surface area contributed by atoms with Crippen molar-refractivity contribution in [2.75, 3.05) is 7.11 Å². The van der Waals surface area contributed by atoms with Crippen LogP contribution in [0, 0.1) is 10.1 Å². The predicted molar refractivity (Wildman–Crippen MR) is 72.1 cm³/mol. The van der Waals surface area contributed by atoms with E-state index in [0.717, 1.165) is 0 Å². The number of para-hydroxylation sites is 1. The molecule has 0 aliphatic carbocycles. The maximum Gasteiger partial charge on any atom is 0.311 e. The van der Waals surface area contributed by atoms with E-state index in [-0.39, 0.29) is 18.0 Å². The van der Waals surface area contributed by atoms with Crippen LogP contribution in [0.25, 0.3) is 0 Å². The lowest BCUT2D eigenvalue weighted by molar-refractivity contribution is -0.385. The van der Waals surface area contributed by atoms with Crippen LogP contribution in [-0.2, 0) is 6.61 Å². The van der Waals surface area contributed by atoms with Crippen molar-refractivity contribution in [3.63, 3.8) is 0 Å². The van der Waals surface area contributed by atoms with Crippen LogP contribution < -0.4 is 9.47 Å². The number of nitro benzene ring substituents is 1. The predicted octanol–water partition coefficient (Wildman–Crippen LogP) is 2.89. The zero-order valence-electron chi connectivity index (χ0n) is 10.8. The second-order valence-corrected chi connectivity index (χ2v) is 3.96. The fourth-order valence-corrected chi connectivity index (χ4v) is 1.73. The molecule has 2 rings (SSSR count). The van der Waals surface area contributed by atoms with Crippen LogP contribution >= 0.6 is 0 Å². The fourth-order valence-electron chi connectivity index (χ4n) is 1.73. The highest BCUT2D eigenvalue weighted by Gasteiger charge is 2.15. The number of nitro groups is 1. The van der Waals surface area contributed by atoms with Gasteiger partial charge in [-0.05, 0) is 12.1 Å². The van der Waals surface area contributed by atoms with Crippen LogP contribution in [-0.4, -0.2) is 17.1 Å². The minimum atomic E-state index is -0.524. The van der Waals surface area contributed by atoms with Crippen LogP contribution in [0.3, 0.4) is 0 Å². The van der Waals surface area contributed by atoms with E-state index in [1.807, 2.05) is 0 Å². The monoisotopic (exact) mass is 275 g/mol. The summed E-state index contributed by atoms with van der Waals surface area (Å²) >= 11 is 0. The highest BCUT2D eigenvalue weighted by atomic mass is 16.6. The molecular weight excluding hydrogens is 262 g/mol. The molecule has 0 radical (unpaired) electrons. The maximum absolute atomic E-state index is 10.8. The van der Waals surface area contributed by atoms with Crippen molar-refractivity contribution in [1.29, 1.82) is 0 Å². The number of aliphatic hydroxyl groups excluding tert-OH is 1. The van der Waals surface area contributed by atoms with Crippen molar-refractivity contribution in [2.24, 2.45) is 0 Å². The average molecular weight is 275 g/mol. The third-order valence-electron chi connectivity index (χ3n) is 2.72. The number of benzene rings is 2. The first-order chi connectivity index (χ1) is 9.65. The Bertz CT molecular complexity index is 627. The van der Waals surface area contributed by atoms with Gasteiger partial charge in [0.2, 0.25) is 5.75 Å². The van der Waals surface area contributed by atoms with Crippen LogP contribution in [0.2, 0.25) is 0 Å². The second kappa shape index (κ2) is 6.03. The van der Waals surface area contributed by atoms with Gasteiger partial charge in [0, 0.05) is 17.7 Å². The van der Waals surface area contributed by atoms with E-state index in [1.165, 1.54) is 25.3 Å². The minimum Gasteiger partial charge on any atom is -0.490 e. The van der Waals surface area contributed by atoms with Crippen molar-refractivity contribution in [3.05, 3.63) is 58.1 Å². The van der Waals surface area contributed by atoms with Gasteiger partial charge in [-0.3, -0.25) is 10.1 Å². The van der Waals surface area contributed by atoms with Crippen molar-refractivity contribution >= 4 is 5.69 Å². The molecule has 0 saturated carbocycles. The Morgan fingerprint density at radius 1 is 1.20 bits per heavy atom. The summed E-state index contributed by atoms with van der Waals surface area (Å²) in [6.07, 6.45) is 0. The molecule has 20 heavy (non-hydrogen) atoms. The first-order valence-corrected chi connectivity index (χ1v) is 5.84. The van der Waals surface area contributed by atoms with Gasteiger partial charge in [-0.1, -0.05) is 18.2 Å². The summed E-state index contributed by atoms with van der Waals surface area (Å²) in [5.41, 5.74) is 0.500. The molecule has 2 aromatic rings. The lowest BCUT2D eigenvalue weighted by Crippen LogP contribution is -1.95.